The second kappa shape index (κ2) is 6.37. The highest BCUT2D eigenvalue weighted by Crippen LogP contribution is 2.21. The predicted octanol–water partition coefficient (Wildman–Crippen LogP) is 4.70. The molecule has 0 saturated carbocycles. The fourth-order valence-electron chi connectivity index (χ4n) is 1.83. The Balaban J connectivity index is 1.92. The third-order valence-electron chi connectivity index (χ3n) is 2.74. The van der Waals surface area contributed by atoms with E-state index in [0.717, 1.165) is 22.6 Å². The maximum absolute atomic E-state index is 5.91. The van der Waals surface area contributed by atoms with Crippen LogP contribution in [0, 0.1) is 6.92 Å². The van der Waals surface area contributed by atoms with Gasteiger partial charge in [0.05, 0.1) is 0 Å². The molecule has 0 saturated heterocycles. The summed E-state index contributed by atoms with van der Waals surface area (Å²) in [5, 5.41) is 4.19. The SMILES string of the molecule is Cc1cccc(CNCc2ccc(Cl)cc2Br)c1. The highest BCUT2D eigenvalue weighted by molar-refractivity contribution is 9.10. The number of aryl methyl sites for hydroxylation is 1. The molecule has 0 heterocycles. The average molecular weight is 325 g/mol. The van der Waals surface area contributed by atoms with Crippen molar-refractivity contribution in [1.29, 1.82) is 0 Å². The predicted molar refractivity (Wildman–Crippen MR) is 80.9 cm³/mol. The molecule has 0 atom stereocenters. The summed E-state index contributed by atoms with van der Waals surface area (Å²) in [5.74, 6) is 0. The lowest BCUT2D eigenvalue weighted by molar-refractivity contribution is 0.691. The monoisotopic (exact) mass is 323 g/mol. The molecule has 2 aromatic rings. The summed E-state index contributed by atoms with van der Waals surface area (Å²) >= 11 is 9.43. The molecule has 1 N–H and O–H groups in total. The zero-order chi connectivity index (χ0) is 13.0. The number of nitrogens with one attached hydrogen (secondary N) is 1. The molecule has 0 amide bonds. The van der Waals surface area contributed by atoms with E-state index in [2.05, 4.69) is 52.4 Å². The van der Waals surface area contributed by atoms with Crippen LogP contribution in [0.1, 0.15) is 16.7 Å². The van der Waals surface area contributed by atoms with Crippen molar-refractivity contribution < 1.29 is 0 Å². The molecule has 0 aliphatic carbocycles. The van der Waals surface area contributed by atoms with E-state index in [9.17, 15) is 0 Å². The van der Waals surface area contributed by atoms with E-state index in [1.807, 2.05) is 18.2 Å². The standard InChI is InChI=1S/C15H15BrClN/c1-11-3-2-4-12(7-11)9-18-10-13-5-6-14(17)8-15(13)16/h2-8,18H,9-10H2,1H3. The third kappa shape index (κ3) is 3.84. The summed E-state index contributed by atoms with van der Waals surface area (Å²) < 4.78 is 1.05. The molecule has 0 unspecified atom stereocenters. The van der Waals surface area contributed by atoms with Gasteiger partial charge in [0.2, 0.25) is 0 Å². The first kappa shape index (κ1) is 13.6. The topological polar surface area (TPSA) is 12.0 Å². The first-order valence-corrected chi connectivity index (χ1v) is 7.02. The first-order valence-electron chi connectivity index (χ1n) is 5.85. The van der Waals surface area contributed by atoms with E-state index < -0.39 is 0 Å². The van der Waals surface area contributed by atoms with Crippen LogP contribution in [0.4, 0.5) is 0 Å². The second-order valence-electron chi connectivity index (χ2n) is 4.33. The fraction of sp³-hybridized carbons (Fsp3) is 0.200. The van der Waals surface area contributed by atoms with Gasteiger partial charge in [-0.3, -0.25) is 0 Å². The molecule has 0 aliphatic rings. The molecule has 0 spiro atoms. The Hall–Kier alpha value is -0.830. The zero-order valence-corrected chi connectivity index (χ0v) is 12.6. The minimum atomic E-state index is 0.754. The number of benzene rings is 2. The van der Waals surface area contributed by atoms with Gasteiger partial charge < -0.3 is 5.32 Å². The molecule has 2 aromatic carbocycles. The molecular weight excluding hydrogens is 310 g/mol. The Morgan fingerprint density at radius 2 is 1.94 bits per heavy atom. The lowest BCUT2D eigenvalue weighted by atomic mass is 10.1. The van der Waals surface area contributed by atoms with Crippen LogP contribution in [0.2, 0.25) is 5.02 Å². The molecule has 0 aromatic heterocycles. The minimum absolute atomic E-state index is 0.754. The van der Waals surface area contributed by atoms with E-state index in [4.69, 9.17) is 11.6 Å². The van der Waals surface area contributed by atoms with Gasteiger partial charge in [-0.25, -0.2) is 0 Å². The van der Waals surface area contributed by atoms with Crippen molar-refractivity contribution in [3.8, 4) is 0 Å². The normalized spacial score (nSPS) is 10.6. The Labute approximate surface area is 121 Å². The van der Waals surface area contributed by atoms with Crippen LogP contribution in [0.5, 0.6) is 0 Å². The van der Waals surface area contributed by atoms with Crippen LogP contribution in [-0.2, 0) is 13.1 Å². The number of hydrogen-bond donors (Lipinski definition) is 1. The molecule has 0 aliphatic heterocycles. The smallest absolute Gasteiger partial charge is 0.0417 e. The van der Waals surface area contributed by atoms with E-state index in [0.29, 0.717) is 0 Å². The molecule has 94 valence electrons. The van der Waals surface area contributed by atoms with Gasteiger partial charge in [0.15, 0.2) is 0 Å². The zero-order valence-electron chi connectivity index (χ0n) is 10.2. The van der Waals surface area contributed by atoms with Crippen LogP contribution in [-0.4, -0.2) is 0 Å². The van der Waals surface area contributed by atoms with Crippen molar-refractivity contribution in [2.45, 2.75) is 20.0 Å². The minimum Gasteiger partial charge on any atom is -0.309 e. The molecule has 2 rings (SSSR count). The lowest BCUT2D eigenvalue weighted by Gasteiger charge is -2.08. The Morgan fingerprint density at radius 3 is 2.67 bits per heavy atom. The Kier molecular flexibility index (Phi) is 4.81. The molecule has 0 bridgehead atoms. The number of halogens is 2. The first-order chi connectivity index (χ1) is 8.65. The highest BCUT2D eigenvalue weighted by atomic mass is 79.9. The van der Waals surface area contributed by atoms with Gasteiger partial charge in [0, 0.05) is 22.6 Å². The van der Waals surface area contributed by atoms with Crippen molar-refractivity contribution in [2.75, 3.05) is 0 Å². The largest absolute Gasteiger partial charge is 0.309 e. The molecular formula is C15H15BrClN. The van der Waals surface area contributed by atoms with Crippen LogP contribution < -0.4 is 5.32 Å². The van der Waals surface area contributed by atoms with Gasteiger partial charge in [0.25, 0.3) is 0 Å². The molecule has 0 fully saturated rings. The lowest BCUT2D eigenvalue weighted by Crippen LogP contribution is -2.13. The van der Waals surface area contributed by atoms with Crippen molar-refractivity contribution >= 4 is 27.5 Å². The van der Waals surface area contributed by atoms with Crippen LogP contribution in [0.3, 0.4) is 0 Å². The van der Waals surface area contributed by atoms with Crippen LogP contribution >= 0.6 is 27.5 Å². The fourth-order valence-corrected chi connectivity index (χ4v) is 2.65. The van der Waals surface area contributed by atoms with Gasteiger partial charge in [-0.2, -0.15) is 0 Å². The number of hydrogen-bond acceptors (Lipinski definition) is 1. The maximum Gasteiger partial charge on any atom is 0.0417 e. The second-order valence-corrected chi connectivity index (χ2v) is 5.62. The third-order valence-corrected chi connectivity index (χ3v) is 3.72. The molecule has 18 heavy (non-hydrogen) atoms. The van der Waals surface area contributed by atoms with Crippen molar-refractivity contribution in [1.82, 2.24) is 5.32 Å². The summed E-state index contributed by atoms with van der Waals surface area (Å²) in [6.07, 6.45) is 0. The van der Waals surface area contributed by atoms with Gasteiger partial charge in [-0.05, 0) is 30.2 Å². The summed E-state index contributed by atoms with van der Waals surface area (Å²) in [5.41, 5.74) is 3.81. The van der Waals surface area contributed by atoms with E-state index >= 15 is 0 Å². The van der Waals surface area contributed by atoms with E-state index in [1.54, 1.807) is 0 Å². The van der Waals surface area contributed by atoms with Crippen molar-refractivity contribution in [3.05, 3.63) is 68.7 Å². The maximum atomic E-state index is 5.91. The Bertz CT molecular complexity index is 540. The van der Waals surface area contributed by atoms with Gasteiger partial charge in [-0.15, -0.1) is 0 Å². The summed E-state index contributed by atoms with van der Waals surface area (Å²) in [6, 6.07) is 14.4. The summed E-state index contributed by atoms with van der Waals surface area (Å²) in [7, 11) is 0. The van der Waals surface area contributed by atoms with Crippen molar-refractivity contribution in [2.24, 2.45) is 0 Å². The molecule has 0 radical (unpaired) electrons. The van der Waals surface area contributed by atoms with Gasteiger partial charge >= 0.3 is 0 Å². The van der Waals surface area contributed by atoms with Gasteiger partial charge in [0.1, 0.15) is 0 Å². The summed E-state index contributed by atoms with van der Waals surface area (Å²) in [4.78, 5) is 0. The van der Waals surface area contributed by atoms with Gasteiger partial charge in [-0.1, -0.05) is 63.4 Å². The van der Waals surface area contributed by atoms with Crippen molar-refractivity contribution in [3.63, 3.8) is 0 Å². The van der Waals surface area contributed by atoms with E-state index in [-0.39, 0.29) is 0 Å². The quantitative estimate of drug-likeness (QED) is 0.859. The highest BCUT2D eigenvalue weighted by Gasteiger charge is 2.00. The number of rotatable bonds is 4. The Morgan fingerprint density at radius 1 is 1.11 bits per heavy atom. The molecule has 3 heteroatoms. The van der Waals surface area contributed by atoms with Crippen LogP contribution in [0.15, 0.2) is 46.9 Å². The molecule has 1 nitrogen and oxygen atoms in total. The summed E-state index contributed by atoms with van der Waals surface area (Å²) in [6.45, 7) is 3.81. The van der Waals surface area contributed by atoms with E-state index in [1.165, 1.54) is 16.7 Å². The van der Waals surface area contributed by atoms with Crippen LogP contribution in [0.25, 0.3) is 0 Å². The average Bonchev–Trinajstić information content (AvgIpc) is 2.32.